The summed E-state index contributed by atoms with van der Waals surface area (Å²) in [6.45, 7) is -1.04. The highest BCUT2D eigenvalue weighted by molar-refractivity contribution is 6.05. The first kappa shape index (κ1) is 15.9. The van der Waals surface area contributed by atoms with Gasteiger partial charge >= 0.3 is 6.61 Å². The molecule has 0 saturated carbocycles. The Morgan fingerprint density at radius 2 is 2.00 bits per heavy atom. The maximum absolute atomic E-state index is 12.3. The molecule has 0 aliphatic rings. The fourth-order valence-electron chi connectivity index (χ4n) is 2.36. The van der Waals surface area contributed by atoms with Gasteiger partial charge in [0.2, 0.25) is 0 Å². The van der Waals surface area contributed by atoms with Crippen LogP contribution in [-0.2, 0) is 7.05 Å². The van der Waals surface area contributed by atoms with Crippen LogP contribution in [0.2, 0.25) is 0 Å². The van der Waals surface area contributed by atoms with Crippen LogP contribution in [0.25, 0.3) is 11.0 Å². The average molecular weight is 332 g/mol. The molecule has 0 fully saturated rings. The number of alkyl halides is 2. The third-order valence-corrected chi connectivity index (χ3v) is 3.46. The van der Waals surface area contributed by atoms with E-state index in [9.17, 15) is 13.6 Å². The average Bonchev–Trinajstić information content (AvgIpc) is 2.83. The minimum atomic E-state index is -2.88. The number of halogens is 2. The van der Waals surface area contributed by atoms with E-state index in [0.29, 0.717) is 16.9 Å². The van der Waals surface area contributed by atoms with E-state index in [-0.39, 0.29) is 11.7 Å². The van der Waals surface area contributed by atoms with Crippen molar-refractivity contribution < 1.29 is 18.3 Å². The van der Waals surface area contributed by atoms with Crippen molar-refractivity contribution in [2.75, 3.05) is 5.32 Å². The van der Waals surface area contributed by atoms with E-state index in [0.717, 1.165) is 11.1 Å². The van der Waals surface area contributed by atoms with Crippen LogP contribution < -0.4 is 10.1 Å². The number of carbonyl (C=O) groups is 1. The molecule has 0 atom stereocenters. The minimum Gasteiger partial charge on any atom is -0.435 e. The molecule has 2 aromatic heterocycles. The molecule has 8 heteroatoms. The molecule has 6 nitrogen and oxygen atoms in total. The lowest BCUT2D eigenvalue weighted by Crippen LogP contribution is -2.12. The number of nitrogens with one attached hydrogen (secondary N) is 1. The van der Waals surface area contributed by atoms with Crippen LogP contribution >= 0.6 is 0 Å². The summed E-state index contributed by atoms with van der Waals surface area (Å²) in [7, 11) is 1.78. The monoisotopic (exact) mass is 332 g/mol. The van der Waals surface area contributed by atoms with Crippen LogP contribution in [0.5, 0.6) is 5.75 Å². The molecule has 1 amide bonds. The van der Waals surface area contributed by atoms with Gasteiger partial charge in [0, 0.05) is 24.3 Å². The summed E-state index contributed by atoms with van der Waals surface area (Å²) in [5, 5.41) is 7.73. The number of carbonyl (C=O) groups excluding carboxylic acids is 1. The minimum absolute atomic E-state index is 0.0251. The van der Waals surface area contributed by atoms with Crippen molar-refractivity contribution in [1.82, 2.24) is 14.8 Å². The van der Waals surface area contributed by atoms with Crippen LogP contribution in [0.15, 0.2) is 36.5 Å². The summed E-state index contributed by atoms with van der Waals surface area (Å²) in [4.78, 5) is 16.6. The normalized spacial score (nSPS) is 11.0. The van der Waals surface area contributed by atoms with Crippen molar-refractivity contribution in [3.63, 3.8) is 0 Å². The fourth-order valence-corrected chi connectivity index (χ4v) is 2.36. The largest absolute Gasteiger partial charge is 0.435 e. The van der Waals surface area contributed by atoms with Crippen LogP contribution in [0.4, 0.5) is 14.5 Å². The Balaban J connectivity index is 1.78. The third kappa shape index (κ3) is 3.17. The molecule has 24 heavy (non-hydrogen) atoms. The first-order chi connectivity index (χ1) is 11.4. The van der Waals surface area contributed by atoms with Crippen LogP contribution in [0.3, 0.4) is 0 Å². The van der Waals surface area contributed by atoms with Crippen LogP contribution in [0, 0.1) is 6.92 Å². The van der Waals surface area contributed by atoms with Gasteiger partial charge in [-0.15, -0.1) is 0 Å². The lowest BCUT2D eigenvalue weighted by molar-refractivity contribution is -0.0498. The Morgan fingerprint density at radius 1 is 1.29 bits per heavy atom. The number of aromatic nitrogens is 3. The molecule has 3 aromatic rings. The SMILES string of the molecule is Cc1nn(C)c2ncc(C(=O)Nc3ccc(OC(F)F)cc3)cc12. The Morgan fingerprint density at radius 3 is 2.67 bits per heavy atom. The van der Waals surface area contributed by atoms with E-state index in [2.05, 4.69) is 20.1 Å². The number of benzene rings is 1. The topological polar surface area (TPSA) is 69.0 Å². The number of fused-ring (bicyclic) bond motifs is 1. The molecule has 3 rings (SSSR count). The van der Waals surface area contributed by atoms with Crippen molar-refractivity contribution in [3.05, 3.63) is 47.8 Å². The van der Waals surface area contributed by atoms with Crippen molar-refractivity contribution in [2.24, 2.45) is 7.05 Å². The number of hydrogen-bond donors (Lipinski definition) is 1. The summed E-state index contributed by atoms with van der Waals surface area (Å²) in [6.07, 6.45) is 1.47. The van der Waals surface area contributed by atoms with Crippen molar-refractivity contribution >= 4 is 22.6 Å². The summed E-state index contributed by atoms with van der Waals surface area (Å²) in [5.74, 6) is -0.327. The van der Waals surface area contributed by atoms with Crippen LogP contribution in [0.1, 0.15) is 16.1 Å². The van der Waals surface area contributed by atoms with Gasteiger partial charge in [-0.2, -0.15) is 13.9 Å². The molecule has 0 aliphatic carbocycles. The van der Waals surface area contributed by atoms with E-state index in [1.165, 1.54) is 30.5 Å². The fraction of sp³-hybridized carbons (Fsp3) is 0.188. The number of ether oxygens (including phenoxy) is 1. The molecule has 124 valence electrons. The maximum atomic E-state index is 12.3. The number of rotatable bonds is 4. The zero-order valence-electron chi connectivity index (χ0n) is 13.0. The number of anilines is 1. The number of amides is 1. The molecule has 2 heterocycles. The molecular formula is C16H14F2N4O2. The smallest absolute Gasteiger partial charge is 0.387 e. The zero-order valence-corrected chi connectivity index (χ0v) is 13.0. The standard InChI is InChI=1S/C16H14F2N4O2/c1-9-13-7-10(8-19-14(13)22(2)21-9)15(23)20-11-3-5-12(6-4-11)24-16(17)18/h3-8,16H,1-2H3,(H,20,23). The molecule has 1 aromatic carbocycles. The highest BCUT2D eigenvalue weighted by Gasteiger charge is 2.12. The molecular weight excluding hydrogens is 318 g/mol. The highest BCUT2D eigenvalue weighted by atomic mass is 19.3. The van der Waals surface area contributed by atoms with Crippen molar-refractivity contribution in [1.29, 1.82) is 0 Å². The molecule has 0 spiro atoms. The molecule has 0 radical (unpaired) electrons. The summed E-state index contributed by atoms with van der Waals surface area (Å²) < 4.78 is 30.1. The lowest BCUT2D eigenvalue weighted by Gasteiger charge is -2.07. The second kappa shape index (κ2) is 6.23. The van der Waals surface area contributed by atoms with Gasteiger partial charge in [-0.1, -0.05) is 0 Å². The predicted molar refractivity (Wildman–Crippen MR) is 84.3 cm³/mol. The van der Waals surface area contributed by atoms with Crippen molar-refractivity contribution in [3.8, 4) is 5.75 Å². The van der Waals surface area contributed by atoms with Gasteiger partial charge in [-0.05, 0) is 37.3 Å². The van der Waals surface area contributed by atoms with E-state index in [1.807, 2.05) is 6.92 Å². The van der Waals surface area contributed by atoms with Gasteiger partial charge in [-0.3, -0.25) is 9.48 Å². The van der Waals surface area contributed by atoms with Gasteiger partial charge in [0.05, 0.1) is 11.3 Å². The molecule has 0 aliphatic heterocycles. The zero-order chi connectivity index (χ0) is 17.3. The summed E-state index contributed by atoms with van der Waals surface area (Å²) >= 11 is 0. The number of aryl methyl sites for hydroxylation is 2. The number of hydrogen-bond acceptors (Lipinski definition) is 4. The van der Waals surface area contributed by atoms with Crippen LogP contribution in [-0.4, -0.2) is 27.3 Å². The highest BCUT2D eigenvalue weighted by Crippen LogP contribution is 2.20. The van der Waals surface area contributed by atoms with Crippen molar-refractivity contribution in [2.45, 2.75) is 13.5 Å². The van der Waals surface area contributed by atoms with E-state index in [4.69, 9.17) is 0 Å². The summed E-state index contributed by atoms with van der Waals surface area (Å²) in [6, 6.07) is 7.39. The Labute approximate surface area is 136 Å². The third-order valence-electron chi connectivity index (χ3n) is 3.46. The van der Waals surface area contributed by atoms with Gasteiger partial charge in [0.15, 0.2) is 5.65 Å². The van der Waals surface area contributed by atoms with Gasteiger partial charge < -0.3 is 10.1 Å². The van der Waals surface area contributed by atoms with Gasteiger partial charge in [0.25, 0.3) is 5.91 Å². The second-order valence-corrected chi connectivity index (χ2v) is 5.16. The van der Waals surface area contributed by atoms with E-state index in [1.54, 1.807) is 17.8 Å². The van der Waals surface area contributed by atoms with Gasteiger partial charge in [0.1, 0.15) is 5.75 Å². The van der Waals surface area contributed by atoms with E-state index >= 15 is 0 Å². The van der Waals surface area contributed by atoms with E-state index < -0.39 is 6.61 Å². The summed E-state index contributed by atoms with van der Waals surface area (Å²) in [5.41, 5.74) is 2.32. The lowest BCUT2D eigenvalue weighted by atomic mass is 10.2. The molecule has 0 bridgehead atoms. The number of pyridine rings is 1. The molecule has 1 N–H and O–H groups in total. The Kier molecular flexibility index (Phi) is 4.11. The second-order valence-electron chi connectivity index (χ2n) is 5.16. The first-order valence-corrected chi connectivity index (χ1v) is 7.09. The maximum Gasteiger partial charge on any atom is 0.387 e. The molecule has 0 saturated heterocycles. The Bertz CT molecular complexity index is 891. The van der Waals surface area contributed by atoms with Gasteiger partial charge in [-0.25, -0.2) is 4.98 Å². The Hall–Kier alpha value is -3.03. The quantitative estimate of drug-likeness (QED) is 0.797. The molecule has 0 unspecified atom stereocenters. The first-order valence-electron chi connectivity index (χ1n) is 7.09. The number of nitrogens with zero attached hydrogens (tertiary/aromatic N) is 3. The predicted octanol–water partition coefficient (Wildman–Crippen LogP) is 3.13.